The molecule has 0 unspecified atom stereocenters. The van der Waals surface area contributed by atoms with Crippen molar-refractivity contribution in [3.8, 4) is 16.6 Å². The van der Waals surface area contributed by atoms with Crippen LogP contribution in [-0.2, 0) is 22.7 Å². The highest BCUT2D eigenvalue weighted by Gasteiger charge is 2.36. The molecule has 0 radical (unpaired) electrons. The van der Waals surface area contributed by atoms with E-state index in [0.717, 1.165) is 23.4 Å². The molecule has 0 amide bonds. The first-order valence-electron chi connectivity index (χ1n) is 9.04. The zero-order valence-electron chi connectivity index (χ0n) is 16.0. The number of nitriles is 1. The Morgan fingerprint density at radius 3 is 2.58 bits per heavy atom. The van der Waals surface area contributed by atoms with Crippen LogP contribution in [0.15, 0.2) is 58.9 Å². The average molecular weight is 483 g/mol. The molecule has 0 saturated heterocycles. The minimum Gasteiger partial charge on any atom is -0.391 e. The van der Waals surface area contributed by atoms with E-state index in [0.29, 0.717) is 4.88 Å². The Kier molecular flexibility index (Phi) is 7.89. The van der Waals surface area contributed by atoms with Crippen molar-refractivity contribution in [2.45, 2.75) is 23.1 Å². The summed E-state index contributed by atoms with van der Waals surface area (Å²) in [5.41, 5.74) is -0.646. The number of alkyl halides is 3. The molecule has 0 spiro atoms. The van der Waals surface area contributed by atoms with Crippen LogP contribution < -0.4 is 0 Å². The number of benzene rings is 1. The molecule has 0 aliphatic carbocycles. The van der Waals surface area contributed by atoms with Gasteiger partial charge in [0, 0.05) is 22.3 Å². The van der Waals surface area contributed by atoms with E-state index in [9.17, 15) is 27.7 Å². The topological polar surface area (TPSA) is 74.0 Å². The van der Waals surface area contributed by atoms with Gasteiger partial charge in [0.2, 0.25) is 0 Å². The third-order valence-electron chi connectivity index (χ3n) is 4.14. The monoisotopic (exact) mass is 482 g/mol. The largest absolute Gasteiger partial charge is 0.417 e. The number of hydrogen-bond acceptors (Lipinski definition) is 6. The number of rotatable bonds is 8. The van der Waals surface area contributed by atoms with Crippen molar-refractivity contribution in [3.63, 3.8) is 0 Å². The van der Waals surface area contributed by atoms with Crippen LogP contribution in [0.3, 0.4) is 0 Å². The fourth-order valence-electron chi connectivity index (χ4n) is 2.77. The second kappa shape index (κ2) is 10.4. The molecule has 31 heavy (non-hydrogen) atoms. The number of halogens is 3. The van der Waals surface area contributed by atoms with Gasteiger partial charge in [-0.2, -0.15) is 18.4 Å². The van der Waals surface area contributed by atoms with Crippen LogP contribution in [0.2, 0.25) is 0 Å². The summed E-state index contributed by atoms with van der Waals surface area (Å²) in [6, 6.07) is 15.0. The molecule has 2 heterocycles. The molecule has 3 aromatic rings. The van der Waals surface area contributed by atoms with Gasteiger partial charge in [0.1, 0.15) is 11.1 Å². The number of aliphatic hydroxyl groups is 1. The molecule has 3 rings (SSSR count). The van der Waals surface area contributed by atoms with E-state index in [1.165, 1.54) is 11.3 Å². The predicted molar refractivity (Wildman–Crippen MR) is 117 cm³/mol. The van der Waals surface area contributed by atoms with Gasteiger partial charge >= 0.3 is 6.18 Å². The second-order valence-electron chi connectivity index (χ2n) is 6.52. The van der Waals surface area contributed by atoms with Crippen LogP contribution in [0.5, 0.6) is 0 Å². The molecular weight excluding hydrogens is 465 g/mol. The highest BCUT2D eigenvalue weighted by molar-refractivity contribution is 7.99. The molecule has 0 fully saturated rings. The Balaban J connectivity index is 1.76. The molecular formula is C21H17F3N2O2S3. The third kappa shape index (κ3) is 6.40. The standard InChI is InChI=1S/C21H17F3N2O2S3/c22-21(23,24)17-9-18(19-7-4-8-29-19)26-20(16(17)10-25)30-11-15(27)13-31(28)12-14-5-2-1-3-6-14/h1-9,15,27H,11-13H2/t15-,31+/m0/s1. The van der Waals surface area contributed by atoms with Gasteiger partial charge in [-0.25, -0.2) is 4.98 Å². The van der Waals surface area contributed by atoms with Gasteiger partial charge in [0.05, 0.1) is 33.6 Å². The van der Waals surface area contributed by atoms with Crippen molar-refractivity contribution in [2.24, 2.45) is 0 Å². The van der Waals surface area contributed by atoms with E-state index in [4.69, 9.17) is 0 Å². The molecule has 1 aromatic carbocycles. The minimum absolute atomic E-state index is 0.0273. The molecule has 1 N–H and O–H groups in total. The Morgan fingerprint density at radius 1 is 1.23 bits per heavy atom. The Bertz CT molecular complexity index is 1080. The van der Waals surface area contributed by atoms with E-state index < -0.39 is 34.2 Å². The highest BCUT2D eigenvalue weighted by Crippen LogP contribution is 2.38. The fraction of sp³-hybridized carbons (Fsp3) is 0.238. The second-order valence-corrected chi connectivity index (χ2v) is 9.98. The molecule has 4 nitrogen and oxygen atoms in total. The molecule has 0 bridgehead atoms. The third-order valence-corrected chi connectivity index (χ3v) is 7.56. The summed E-state index contributed by atoms with van der Waals surface area (Å²) < 4.78 is 52.9. The van der Waals surface area contributed by atoms with Gasteiger partial charge in [-0.1, -0.05) is 36.4 Å². The summed E-state index contributed by atoms with van der Waals surface area (Å²) in [5, 5.41) is 21.2. The van der Waals surface area contributed by atoms with E-state index in [1.54, 1.807) is 23.6 Å². The molecule has 2 aromatic heterocycles. The number of nitrogens with zero attached hydrogens (tertiary/aromatic N) is 2. The average Bonchev–Trinajstić information content (AvgIpc) is 3.26. The zero-order chi connectivity index (χ0) is 22.4. The summed E-state index contributed by atoms with van der Waals surface area (Å²) in [6.07, 6.45) is -5.74. The first-order valence-corrected chi connectivity index (χ1v) is 12.4. The van der Waals surface area contributed by atoms with Crippen molar-refractivity contribution >= 4 is 33.9 Å². The fourth-order valence-corrected chi connectivity index (χ4v) is 5.76. The van der Waals surface area contributed by atoms with Crippen LogP contribution in [0.1, 0.15) is 16.7 Å². The first-order chi connectivity index (χ1) is 14.8. The van der Waals surface area contributed by atoms with Crippen LogP contribution in [0.25, 0.3) is 10.6 Å². The van der Waals surface area contributed by atoms with Crippen molar-refractivity contribution < 1.29 is 22.5 Å². The summed E-state index contributed by atoms with van der Waals surface area (Å²) in [4.78, 5) is 4.79. The SMILES string of the molecule is N#Cc1c(C(F)(F)F)cc(-c2cccs2)nc1SC[C@H](O)C[S@](=O)Cc1ccccc1. The van der Waals surface area contributed by atoms with E-state index in [-0.39, 0.29) is 28.0 Å². The molecule has 10 heteroatoms. The van der Waals surface area contributed by atoms with E-state index in [1.807, 2.05) is 30.3 Å². The van der Waals surface area contributed by atoms with Gasteiger partial charge < -0.3 is 5.11 Å². The maximum atomic E-state index is 13.5. The molecule has 162 valence electrons. The van der Waals surface area contributed by atoms with Gasteiger partial charge in [-0.05, 0) is 23.1 Å². The van der Waals surface area contributed by atoms with Gasteiger partial charge in [-0.15, -0.1) is 23.1 Å². The number of thiophene rings is 1. The highest BCUT2D eigenvalue weighted by atomic mass is 32.2. The maximum Gasteiger partial charge on any atom is 0.417 e. The number of aliphatic hydroxyl groups excluding tert-OH is 1. The lowest BCUT2D eigenvalue weighted by molar-refractivity contribution is -0.138. The smallest absolute Gasteiger partial charge is 0.391 e. The van der Waals surface area contributed by atoms with Crippen LogP contribution in [0.4, 0.5) is 13.2 Å². The quantitative estimate of drug-likeness (QED) is 0.452. The van der Waals surface area contributed by atoms with Crippen LogP contribution in [-0.4, -0.2) is 31.9 Å². The summed E-state index contributed by atoms with van der Waals surface area (Å²) in [5.74, 6) is 0.213. The Morgan fingerprint density at radius 2 is 1.97 bits per heavy atom. The molecule has 0 aliphatic heterocycles. The summed E-state index contributed by atoms with van der Waals surface area (Å²) >= 11 is 2.10. The zero-order valence-corrected chi connectivity index (χ0v) is 18.5. The van der Waals surface area contributed by atoms with E-state index >= 15 is 0 Å². The van der Waals surface area contributed by atoms with Gasteiger partial charge in [0.25, 0.3) is 0 Å². The molecule has 2 atom stereocenters. The Labute approximate surface area is 188 Å². The lowest BCUT2D eigenvalue weighted by Gasteiger charge is -2.15. The van der Waals surface area contributed by atoms with Crippen LogP contribution in [0, 0.1) is 11.3 Å². The molecule has 0 saturated carbocycles. The first kappa shape index (κ1) is 23.5. The van der Waals surface area contributed by atoms with Crippen LogP contribution >= 0.6 is 23.1 Å². The van der Waals surface area contributed by atoms with Crippen molar-refractivity contribution in [2.75, 3.05) is 11.5 Å². The predicted octanol–water partition coefficient (Wildman–Crippen LogP) is 5.10. The summed E-state index contributed by atoms with van der Waals surface area (Å²) in [7, 11) is -1.34. The number of aromatic nitrogens is 1. The minimum atomic E-state index is -4.72. The van der Waals surface area contributed by atoms with E-state index in [2.05, 4.69) is 4.98 Å². The lowest BCUT2D eigenvalue weighted by Crippen LogP contribution is -2.20. The van der Waals surface area contributed by atoms with Crippen molar-refractivity contribution in [1.82, 2.24) is 4.98 Å². The molecule has 0 aliphatic rings. The number of thioether (sulfide) groups is 1. The van der Waals surface area contributed by atoms with Gasteiger partial charge in [-0.3, -0.25) is 4.21 Å². The van der Waals surface area contributed by atoms with Crippen molar-refractivity contribution in [3.05, 3.63) is 70.6 Å². The Hall–Kier alpha value is -2.19. The number of pyridine rings is 1. The van der Waals surface area contributed by atoms with Crippen molar-refractivity contribution in [1.29, 1.82) is 5.26 Å². The normalized spacial score (nSPS) is 13.5. The summed E-state index contributed by atoms with van der Waals surface area (Å²) in [6.45, 7) is 0. The maximum absolute atomic E-state index is 13.5. The number of hydrogen-bond donors (Lipinski definition) is 1. The lowest BCUT2D eigenvalue weighted by atomic mass is 10.1. The van der Waals surface area contributed by atoms with Gasteiger partial charge in [0.15, 0.2) is 0 Å².